The van der Waals surface area contributed by atoms with Crippen molar-refractivity contribution in [2.24, 2.45) is 0 Å². The van der Waals surface area contributed by atoms with Gasteiger partial charge in [-0.15, -0.1) is 24.2 Å². The molecule has 0 atom stereocenters. The van der Waals surface area contributed by atoms with Crippen LogP contribution in [0, 0.1) is 0 Å². The van der Waals surface area contributed by atoms with Crippen LogP contribution in [-0.4, -0.2) is 53.7 Å². The summed E-state index contributed by atoms with van der Waals surface area (Å²) >= 11 is 7.61. The largest absolute Gasteiger partial charge is 0.340 e. The third-order valence-electron chi connectivity index (χ3n) is 4.91. The molecule has 1 amide bonds. The number of halogens is 2. The Morgan fingerprint density at radius 1 is 1.08 bits per heavy atom. The normalized spacial score (nSPS) is 19.3. The van der Waals surface area contributed by atoms with E-state index >= 15 is 0 Å². The van der Waals surface area contributed by atoms with Crippen LogP contribution in [0.25, 0.3) is 0 Å². The highest BCUT2D eigenvalue weighted by molar-refractivity contribution is 7.99. The van der Waals surface area contributed by atoms with Gasteiger partial charge in [0.15, 0.2) is 0 Å². The van der Waals surface area contributed by atoms with Crippen LogP contribution in [0.2, 0.25) is 5.02 Å². The minimum absolute atomic E-state index is 0. The number of piperazine rings is 1. The van der Waals surface area contributed by atoms with Crippen molar-refractivity contribution in [2.75, 3.05) is 31.9 Å². The molecule has 24 heavy (non-hydrogen) atoms. The van der Waals surface area contributed by atoms with Crippen LogP contribution in [0.1, 0.15) is 32.1 Å². The summed E-state index contributed by atoms with van der Waals surface area (Å²) in [5.41, 5.74) is 0. The zero-order valence-electron chi connectivity index (χ0n) is 14.0. The lowest BCUT2D eigenvalue weighted by Gasteiger charge is -2.38. The fraction of sp³-hybridized carbons (Fsp3) is 0.611. The number of benzene rings is 1. The van der Waals surface area contributed by atoms with Crippen LogP contribution in [0.4, 0.5) is 0 Å². The van der Waals surface area contributed by atoms with Gasteiger partial charge in [0.1, 0.15) is 0 Å². The van der Waals surface area contributed by atoms with Crippen LogP contribution < -0.4 is 0 Å². The summed E-state index contributed by atoms with van der Waals surface area (Å²) in [5.74, 6) is 1.14. The first-order chi connectivity index (χ1) is 11.2. The molecule has 2 fully saturated rings. The summed E-state index contributed by atoms with van der Waals surface area (Å²) < 4.78 is 0. The maximum Gasteiger partial charge on any atom is 0.223 e. The minimum Gasteiger partial charge on any atom is -0.340 e. The Balaban J connectivity index is 0.00000208. The molecule has 0 aromatic heterocycles. The maximum absolute atomic E-state index is 12.3. The number of carbonyl (C=O) groups excluding carboxylic acids is 1. The highest BCUT2D eigenvalue weighted by atomic mass is 35.5. The molecule has 2 aliphatic rings. The molecule has 0 spiro atoms. The molecular formula is C18H26Cl2N2OS. The van der Waals surface area contributed by atoms with Crippen LogP contribution in [0.15, 0.2) is 29.2 Å². The van der Waals surface area contributed by atoms with E-state index in [0.29, 0.717) is 12.3 Å². The Kier molecular flexibility index (Phi) is 8.21. The van der Waals surface area contributed by atoms with Crippen molar-refractivity contribution in [3.05, 3.63) is 29.3 Å². The highest BCUT2D eigenvalue weighted by Crippen LogP contribution is 2.25. The van der Waals surface area contributed by atoms with Crippen molar-refractivity contribution >= 4 is 41.7 Å². The lowest BCUT2D eigenvalue weighted by atomic mass is 10.2. The monoisotopic (exact) mass is 388 g/mol. The molecule has 0 unspecified atom stereocenters. The molecule has 3 rings (SSSR count). The number of hydrogen-bond donors (Lipinski definition) is 0. The third kappa shape index (κ3) is 5.55. The second kappa shape index (κ2) is 9.91. The van der Waals surface area contributed by atoms with E-state index in [1.54, 1.807) is 11.8 Å². The smallest absolute Gasteiger partial charge is 0.223 e. The number of rotatable bonds is 5. The van der Waals surface area contributed by atoms with Crippen molar-refractivity contribution in [1.29, 1.82) is 0 Å². The number of nitrogens with zero attached hydrogens (tertiary/aromatic N) is 2. The highest BCUT2D eigenvalue weighted by Gasteiger charge is 2.27. The van der Waals surface area contributed by atoms with Gasteiger partial charge in [-0.05, 0) is 37.1 Å². The molecule has 3 nitrogen and oxygen atoms in total. The Morgan fingerprint density at radius 3 is 2.33 bits per heavy atom. The molecule has 1 heterocycles. The van der Waals surface area contributed by atoms with Crippen molar-refractivity contribution in [3.8, 4) is 0 Å². The molecule has 0 N–H and O–H groups in total. The second-order valence-electron chi connectivity index (χ2n) is 6.41. The zero-order valence-corrected chi connectivity index (χ0v) is 16.3. The van der Waals surface area contributed by atoms with Crippen molar-refractivity contribution < 1.29 is 4.79 Å². The quantitative estimate of drug-likeness (QED) is 0.701. The minimum atomic E-state index is 0. The first-order valence-electron chi connectivity index (χ1n) is 8.62. The maximum atomic E-state index is 12.3. The molecule has 1 aromatic rings. The van der Waals surface area contributed by atoms with Gasteiger partial charge in [-0.3, -0.25) is 9.69 Å². The molecule has 0 radical (unpaired) electrons. The first kappa shape index (κ1) is 19.9. The Hall–Kier alpha value is -0.420. The number of amides is 1. The van der Waals surface area contributed by atoms with Crippen molar-refractivity contribution in [2.45, 2.75) is 43.0 Å². The van der Waals surface area contributed by atoms with Gasteiger partial charge in [-0.1, -0.05) is 24.4 Å². The van der Waals surface area contributed by atoms with Crippen LogP contribution in [0.5, 0.6) is 0 Å². The van der Waals surface area contributed by atoms with E-state index in [-0.39, 0.29) is 12.4 Å². The second-order valence-corrected chi connectivity index (χ2v) is 8.01. The summed E-state index contributed by atoms with van der Waals surface area (Å²) in [6, 6.07) is 8.60. The summed E-state index contributed by atoms with van der Waals surface area (Å²) in [6.45, 7) is 3.92. The van der Waals surface area contributed by atoms with Gasteiger partial charge >= 0.3 is 0 Å². The van der Waals surface area contributed by atoms with Crippen LogP contribution in [0.3, 0.4) is 0 Å². The fourth-order valence-corrected chi connectivity index (χ4v) is 4.52. The lowest BCUT2D eigenvalue weighted by molar-refractivity contribution is -0.132. The van der Waals surface area contributed by atoms with Crippen molar-refractivity contribution in [1.82, 2.24) is 9.80 Å². The number of carbonyl (C=O) groups is 1. The van der Waals surface area contributed by atoms with Gasteiger partial charge < -0.3 is 4.90 Å². The van der Waals surface area contributed by atoms with E-state index in [9.17, 15) is 4.79 Å². The summed E-state index contributed by atoms with van der Waals surface area (Å²) in [6.07, 6.45) is 6.09. The van der Waals surface area contributed by atoms with Crippen LogP contribution in [-0.2, 0) is 4.79 Å². The van der Waals surface area contributed by atoms with E-state index in [0.717, 1.165) is 43.0 Å². The fourth-order valence-electron chi connectivity index (χ4n) is 3.55. The summed E-state index contributed by atoms with van der Waals surface area (Å²) in [5, 5.41) is 0.755. The number of thioether (sulfide) groups is 1. The van der Waals surface area contributed by atoms with E-state index in [1.165, 1.54) is 30.6 Å². The van der Waals surface area contributed by atoms with Crippen molar-refractivity contribution in [3.63, 3.8) is 0 Å². The molecule has 6 heteroatoms. The predicted octanol–water partition coefficient (Wildman–Crippen LogP) is 4.33. The van der Waals surface area contributed by atoms with Gasteiger partial charge in [-0.25, -0.2) is 0 Å². The molecule has 1 aliphatic heterocycles. The first-order valence-corrected chi connectivity index (χ1v) is 9.99. The van der Waals surface area contributed by atoms with E-state index < -0.39 is 0 Å². The van der Waals surface area contributed by atoms with E-state index in [1.807, 2.05) is 29.2 Å². The Morgan fingerprint density at radius 2 is 1.71 bits per heavy atom. The molecule has 1 saturated heterocycles. The molecule has 1 aliphatic carbocycles. The molecule has 1 aromatic carbocycles. The SMILES string of the molecule is Cl.O=C(CCSc1ccc(Cl)cc1)N1CCN(C2CCCC2)CC1. The van der Waals surface area contributed by atoms with Gasteiger partial charge in [0.05, 0.1) is 0 Å². The zero-order chi connectivity index (χ0) is 16.1. The van der Waals surface area contributed by atoms with Gasteiger partial charge in [0.25, 0.3) is 0 Å². The topological polar surface area (TPSA) is 23.6 Å². The summed E-state index contributed by atoms with van der Waals surface area (Å²) in [4.78, 5) is 18.2. The Labute approximate surface area is 160 Å². The third-order valence-corrected chi connectivity index (χ3v) is 6.17. The average Bonchev–Trinajstić information content (AvgIpc) is 3.11. The summed E-state index contributed by atoms with van der Waals surface area (Å²) in [7, 11) is 0. The van der Waals surface area contributed by atoms with Gasteiger partial charge in [0, 0.05) is 54.3 Å². The predicted molar refractivity (Wildman–Crippen MR) is 104 cm³/mol. The molecule has 0 bridgehead atoms. The number of hydrogen-bond acceptors (Lipinski definition) is 3. The van der Waals surface area contributed by atoms with Crippen LogP contribution >= 0.6 is 35.8 Å². The van der Waals surface area contributed by atoms with E-state index in [4.69, 9.17) is 11.6 Å². The molecule has 134 valence electrons. The molecular weight excluding hydrogens is 363 g/mol. The van der Waals surface area contributed by atoms with Gasteiger partial charge in [0.2, 0.25) is 5.91 Å². The average molecular weight is 389 g/mol. The standard InChI is InChI=1S/C18H25ClN2OS.ClH/c19-15-5-7-17(8-6-15)23-14-9-18(22)21-12-10-20(11-13-21)16-3-1-2-4-16;/h5-8,16H,1-4,9-14H2;1H. The van der Waals surface area contributed by atoms with E-state index in [2.05, 4.69) is 4.90 Å². The van der Waals surface area contributed by atoms with Gasteiger partial charge in [-0.2, -0.15) is 0 Å². The Bertz CT molecular complexity index is 512. The molecule has 1 saturated carbocycles. The lowest BCUT2D eigenvalue weighted by Crippen LogP contribution is -2.51.